The predicted octanol–water partition coefficient (Wildman–Crippen LogP) is 1.45. The minimum atomic E-state index is 0. The third kappa shape index (κ3) is 5.95. The Kier molecular flexibility index (Phi) is 7.11. The molecule has 0 saturated carbocycles. The largest absolute Gasteiger partial charge is 0.542 e. The van der Waals surface area contributed by atoms with Crippen LogP contribution in [0, 0.1) is 6.07 Å². The summed E-state index contributed by atoms with van der Waals surface area (Å²) in [6.07, 6.45) is 2.83. The second-order valence-electron chi connectivity index (χ2n) is 2.70. The zero-order valence-corrected chi connectivity index (χ0v) is 10.8. The van der Waals surface area contributed by atoms with E-state index in [1.54, 1.807) is 4.90 Å². The molecular formula is C10H12N2Y-2. The zero-order valence-electron chi connectivity index (χ0n) is 7.99. The summed E-state index contributed by atoms with van der Waals surface area (Å²) in [6.45, 7) is 0.652. The first-order valence-corrected chi connectivity index (χ1v) is 3.84. The van der Waals surface area contributed by atoms with Crippen LogP contribution in [0.15, 0.2) is 29.3 Å². The Morgan fingerprint density at radius 2 is 2.23 bits per heavy atom. The Labute approximate surface area is 105 Å². The van der Waals surface area contributed by atoms with Crippen molar-refractivity contribution >= 4 is 6.34 Å². The van der Waals surface area contributed by atoms with Crippen molar-refractivity contribution in [1.29, 1.82) is 0 Å². The Morgan fingerprint density at radius 3 is 2.77 bits per heavy atom. The van der Waals surface area contributed by atoms with Gasteiger partial charge in [-0.2, -0.15) is 30.3 Å². The number of nitrogens with zero attached hydrogens (tertiary/aromatic N) is 2. The van der Waals surface area contributed by atoms with Gasteiger partial charge in [-0.3, -0.25) is 6.34 Å². The second-order valence-corrected chi connectivity index (χ2v) is 2.70. The van der Waals surface area contributed by atoms with Gasteiger partial charge in [-0.05, 0) is 14.1 Å². The van der Waals surface area contributed by atoms with E-state index in [1.165, 1.54) is 0 Å². The van der Waals surface area contributed by atoms with Crippen LogP contribution < -0.4 is 0 Å². The summed E-state index contributed by atoms with van der Waals surface area (Å²) < 4.78 is 0. The molecule has 0 spiro atoms. The Bertz CT molecular complexity index is 244. The molecule has 0 bridgehead atoms. The predicted molar refractivity (Wildman–Crippen MR) is 50.1 cm³/mol. The number of rotatable bonds is 3. The van der Waals surface area contributed by atoms with Gasteiger partial charge in [-0.1, -0.05) is 0 Å². The van der Waals surface area contributed by atoms with E-state index < -0.39 is 0 Å². The molecular weight excluding hydrogens is 237 g/mol. The molecule has 0 aliphatic carbocycles. The summed E-state index contributed by atoms with van der Waals surface area (Å²) in [6, 6.07) is 10.9. The molecule has 0 aromatic heterocycles. The van der Waals surface area contributed by atoms with Crippen molar-refractivity contribution in [3.8, 4) is 0 Å². The smallest absolute Gasteiger partial charge is 0.00412 e. The molecule has 1 aromatic carbocycles. The van der Waals surface area contributed by atoms with Crippen molar-refractivity contribution < 1.29 is 32.7 Å². The van der Waals surface area contributed by atoms with Crippen LogP contribution in [0.4, 0.5) is 0 Å². The van der Waals surface area contributed by atoms with E-state index >= 15 is 0 Å². The molecule has 1 aromatic rings. The quantitative estimate of drug-likeness (QED) is 0.342. The monoisotopic (exact) mass is 249 g/mol. The van der Waals surface area contributed by atoms with Crippen molar-refractivity contribution in [3.63, 3.8) is 0 Å². The van der Waals surface area contributed by atoms with Gasteiger partial charge in [0.05, 0.1) is 0 Å². The molecule has 0 atom stereocenters. The van der Waals surface area contributed by atoms with E-state index in [0.29, 0.717) is 6.54 Å². The minimum Gasteiger partial charge on any atom is -0.542 e. The van der Waals surface area contributed by atoms with Gasteiger partial charge in [-0.25, -0.2) is 0 Å². The van der Waals surface area contributed by atoms with Gasteiger partial charge in [0.2, 0.25) is 0 Å². The molecule has 1 rings (SSSR count). The fraction of sp³-hybridized carbons (Fsp3) is 0.300. The fourth-order valence-corrected chi connectivity index (χ4v) is 0.791. The molecule has 67 valence electrons. The third-order valence-corrected chi connectivity index (χ3v) is 1.29. The minimum absolute atomic E-state index is 0. The topological polar surface area (TPSA) is 15.6 Å². The van der Waals surface area contributed by atoms with Crippen molar-refractivity contribution in [2.45, 2.75) is 6.54 Å². The van der Waals surface area contributed by atoms with Gasteiger partial charge in [0.25, 0.3) is 0 Å². The van der Waals surface area contributed by atoms with Crippen LogP contribution in [-0.4, -0.2) is 25.3 Å². The van der Waals surface area contributed by atoms with Crippen LogP contribution in [0.25, 0.3) is 0 Å². The Morgan fingerprint density at radius 1 is 1.46 bits per heavy atom. The molecule has 0 heterocycles. The first-order valence-electron chi connectivity index (χ1n) is 3.84. The molecule has 0 amide bonds. The fourth-order valence-electron chi connectivity index (χ4n) is 0.791. The van der Waals surface area contributed by atoms with E-state index in [9.17, 15) is 0 Å². The first kappa shape index (κ1) is 12.8. The maximum atomic E-state index is 4.09. The maximum Gasteiger partial charge on any atom is 0.00412 e. The van der Waals surface area contributed by atoms with E-state index in [-0.39, 0.29) is 32.7 Å². The van der Waals surface area contributed by atoms with Crippen molar-refractivity contribution in [1.82, 2.24) is 4.90 Å². The molecule has 0 N–H and O–H groups in total. The summed E-state index contributed by atoms with van der Waals surface area (Å²) in [5.74, 6) is 0. The number of hydrogen-bond acceptors (Lipinski definition) is 1. The van der Waals surface area contributed by atoms with Gasteiger partial charge in [-0.15, -0.1) is 5.56 Å². The molecule has 0 fully saturated rings. The average Bonchev–Trinajstić information content (AvgIpc) is 2.05. The van der Waals surface area contributed by atoms with Crippen LogP contribution >= 0.6 is 0 Å². The van der Waals surface area contributed by atoms with Crippen LogP contribution in [0.1, 0.15) is 5.56 Å². The SMILES string of the molecule is CN(C)[C-]=NCc1[c-]cccc1.[Y]. The van der Waals surface area contributed by atoms with Crippen molar-refractivity contribution in [3.05, 3.63) is 35.9 Å². The summed E-state index contributed by atoms with van der Waals surface area (Å²) in [7, 11) is 3.80. The zero-order chi connectivity index (χ0) is 8.81. The van der Waals surface area contributed by atoms with Crippen LogP contribution in [0.5, 0.6) is 0 Å². The first-order chi connectivity index (χ1) is 5.79. The molecule has 1 radical (unpaired) electrons. The van der Waals surface area contributed by atoms with Gasteiger partial charge in [0.15, 0.2) is 0 Å². The van der Waals surface area contributed by atoms with E-state index in [0.717, 1.165) is 5.56 Å². The van der Waals surface area contributed by atoms with Gasteiger partial charge in [0, 0.05) is 39.3 Å². The Balaban J connectivity index is 0.00000144. The maximum absolute atomic E-state index is 4.09. The van der Waals surface area contributed by atoms with Crippen LogP contribution in [0.2, 0.25) is 0 Å². The number of aliphatic imine (C=N–C) groups is 1. The summed E-state index contributed by atoms with van der Waals surface area (Å²) in [5, 5.41) is 0. The van der Waals surface area contributed by atoms with Crippen molar-refractivity contribution in [2.75, 3.05) is 14.1 Å². The van der Waals surface area contributed by atoms with E-state index in [1.807, 2.05) is 38.4 Å². The number of hydrogen-bond donors (Lipinski definition) is 0. The van der Waals surface area contributed by atoms with Crippen LogP contribution in [-0.2, 0) is 39.3 Å². The normalized spacial score (nSPS) is 9.69. The standard InChI is InChI=1S/C10H12N2.Y/c1-12(2)9-11-8-10-6-4-3-5-7-10;/h3-6H,8H2,1-2H3;/q-2;. The third-order valence-electron chi connectivity index (χ3n) is 1.29. The Hall–Kier alpha value is -0.206. The van der Waals surface area contributed by atoms with Gasteiger partial charge < -0.3 is 9.89 Å². The molecule has 0 unspecified atom stereocenters. The van der Waals surface area contributed by atoms with Gasteiger partial charge >= 0.3 is 0 Å². The van der Waals surface area contributed by atoms with E-state index in [2.05, 4.69) is 17.4 Å². The molecule has 0 aliphatic rings. The van der Waals surface area contributed by atoms with Crippen LogP contribution in [0.3, 0.4) is 0 Å². The molecule has 2 nitrogen and oxygen atoms in total. The second kappa shape index (κ2) is 7.22. The van der Waals surface area contributed by atoms with Crippen molar-refractivity contribution in [2.24, 2.45) is 4.99 Å². The van der Waals surface area contributed by atoms with E-state index in [4.69, 9.17) is 0 Å². The summed E-state index contributed by atoms with van der Waals surface area (Å²) in [5.41, 5.74) is 1.09. The molecule has 0 saturated heterocycles. The summed E-state index contributed by atoms with van der Waals surface area (Å²) >= 11 is 0. The average molecular weight is 249 g/mol. The molecule has 3 heteroatoms. The summed E-state index contributed by atoms with van der Waals surface area (Å²) in [4.78, 5) is 5.88. The molecule has 13 heavy (non-hydrogen) atoms. The van der Waals surface area contributed by atoms with Gasteiger partial charge in [0.1, 0.15) is 0 Å². The number of benzene rings is 1. The molecule has 0 aliphatic heterocycles.